The molecule has 0 aromatic heterocycles. The van der Waals surface area contributed by atoms with E-state index in [1.165, 1.54) is 57.8 Å². The number of halogens is 1. The van der Waals surface area contributed by atoms with Crippen LogP contribution < -0.4 is 0 Å². The first-order valence-electron chi connectivity index (χ1n) is 7.56. The number of hydrogen-bond acceptors (Lipinski definition) is 0. The molecule has 2 aliphatic carbocycles. The molecule has 2 fully saturated rings. The Morgan fingerprint density at radius 3 is 2.24 bits per heavy atom. The zero-order chi connectivity index (χ0) is 12.1. The molecule has 0 radical (unpaired) electrons. The Hall–Kier alpha value is 0.0300. The average molecular weight is 255 g/mol. The quantitative estimate of drug-likeness (QED) is 0.457. The third kappa shape index (κ3) is 4.02. The molecule has 98 valence electrons. The normalized spacial score (nSPS) is 32.7. The van der Waals surface area contributed by atoms with E-state index in [1.807, 2.05) is 0 Å². The summed E-state index contributed by atoms with van der Waals surface area (Å²) in [5.74, 6) is 3.38. The van der Waals surface area contributed by atoms with E-state index in [2.05, 4.69) is 13.0 Å². The van der Waals surface area contributed by atoms with Gasteiger partial charge in [-0.2, -0.15) is 0 Å². The smallest absolute Gasteiger partial charge is 0.0436 e. The highest BCUT2D eigenvalue weighted by atomic mass is 35.5. The molecule has 0 unspecified atom stereocenters. The van der Waals surface area contributed by atoms with Crippen molar-refractivity contribution in [3.8, 4) is 0 Å². The summed E-state index contributed by atoms with van der Waals surface area (Å²) in [4.78, 5) is 0. The Morgan fingerprint density at radius 2 is 1.65 bits per heavy atom. The van der Waals surface area contributed by atoms with Crippen molar-refractivity contribution in [2.24, 2.45) is 17.8 Å². The third-order valence-corrected chi connectivity index (χ3v) is 5.10. The zero-order valence-electron chi connectivity index (χ0n) is 11.3. The molecule has 0 spiro atoms. The van der Waals surface area contributed by atoms with E-state index in [1.54, 1.807) is 5.57 Å². The van der Waals surface area contributed by atoms with Crippen LogP contribution in [0, 0.1) is 17.8 Å². The van der Waals surface area contributed by atoms with Gasteiger partial charge in [0.25, 0.3) is 0 Å². The summed E-state index contributed by atoms with van der Waals surface area (Å²) in [5.41, 5.74) is 1.57. The van der Waals surface area contributed by atoms with Crippen molar-refractivity contribution < 1.29 is 0 Å². The van der Waals surface area contributed by atoms with E-state index in [4.69, 9.17) is 11.6 Å². The summed E-state index contributed by atoms with van der Waals surface area (Å²) in [5, 5.41) is 0. The van der Waals surface area contributed by atoms with Gasteiger partial charge in [0.05, 0.1) is 0 Å². The monoisotopic (exact) mass is 254 g/mol. The van der Waals surface area contributed by atoms with Crippen LogP contribution in [0.5, 0.6) is 0 Å². The summed E-state index contributed by atoms with van der Waals surface area (Å²) in [6.45, 7) is 2.39. The van der Waals surface area contributed by atoms with Crippen molar-refractivity contribution in [3.63, 3.8) is 0 Å². The minimum atomic E-state index is 0.775. The van der Waals surface area contributed by atoms with Gasteiger partial charge in [-0.15, -0.1) is 11.6 Å². The molecule has 0 bridgehead atoms. The minimum absolute atomic E-state index is 0.775. The molecule has 2 saturated carbocycles. The maximum atomic E-state index is 6.18. The molecule has 2 aliphatic rings. The lowest BCUT2D eigenvalue weighted by Gasteiger charge is -2.28. The molecule has 0 atom stereocenters. The predicted octanol–water partition coefficient (Wildman–Crippen LogP) is 5.56. The predicted molar refractivity (Wildman–Crippen MR) is 76.5 cm³/mol. The van der Waals surface area contributed by atoms with Gasteiger partial charge < -0.3 is 0 Å². The number of allylic oxidation sites excluding steroid dienone is 2. The molecule has 0 amide bonds. The lowest BCUT2D eigenvalue weighted by Crippen LogP contribution is -2.15. The summed E-state index contributed by atoms with van der Waals surface area (Å²) < 4.78 is 0. The summed E-state index contributed by atoms with van der Waals surface area (Å²) in [7, 11) is 0. The molecule has 0 N–H and O–H groups in total. The maximum absolute atomic E-state index is 6.18. The number of hydrogen-bond donors (Lipinski definition) is 0. The molecule has 0 saturated heterocycles. The molecule has 0 heterocycles. The highest BCUT2D eigenvalue weighted by molar-refractivity contribution is 6.19. The first-order chi connectivity index (χ1) is 8.29. The van der Waals surface area contributed by atoms with Gasteiger partial charge in [0.2, 0.25) is 0 Å². The van der Waals surface area contributed by atoms with E-state index in [-0.39, 0.29) is 0 Å². The first kappa shape index (κ1) is 13.5. The van der Waals surface area contributed by atoms with Crippen molar-refractivity contribution in [1.29, 1.82) is 0 Å². The second-order valence-corrected chi connectivity index (χ2v) is 6.50. The molecule has 1 heteroatoms. The van der Waals surface area contributed by atoms with Gasteiger partial charge in [-0.3, -0.25) is 0 Å². The molecular formula is C16H27Cl. The number of rotatable bonds is 3. The lowest BCUT2D eigenvalue weighted by molar-refractivity contribution is 0.326. The van der Waals surface area contributed by atoms with Crippen molar-refractivity contribution >= 4 is 11.6 Å². The molecule has 2 rings (SSSR count). The van der Waals surface area contributed by atoms with Crippen LogP contribution in [0.3, 0.4) is 0 Å². The van der Waals surface area contributed by atoms with Crippen LogP contribution in [0.4, 0.5) is 0 Å². The topological polar surface area (TPSA) is 0 Å². The highest BCUT2D eigenvalue weighted by Gasteiger charge is 2.21. The third-order valence-electron chi connectivity index (χ3n) is 4.79. The Morgan fingerprint density at radius 1 is 1.00 bits per heavy atom. The van der Waals surface area contributed by atoms with Gasteiger partial charge in [-0.1, -0.05) is 50.7 Å². The van der Waals surface area contributed by atoms with Gasteiger partial charge in [-0.25, -0.2) is 0 Å². The zero-order valence-corrected chi connectivity index (χ0v) is 12.0. The lowest BCUT2D eigenvalue weighted by atomic mass is 9.79. The minimum Gasteiger partial charge on any atom is -0.122 e. The van der Waals surface area contributed by atoms with E-state index in [0.29, 0.717) is 0 Å². The van der Waals surface area contributed by atoms with Crippen LogP contribution in [-0.2, 0) is 0 Å². The van der Waals surface area contributed by atoms with Crippen LogP contribution >= 0.6 is 11.6 Å². The maximum Gasteiger partial charge on any atom is 0.0436 e. The Balaban J connectivity index is 1.91. The van der Waals surface area contributed by atoms with E-state index in [0.717, 1.165) is 23.6 Å². The number of alkyl halides is 1. The van der Waals surface area contributed by atoms with E-state index >= 15 is 0 Å². The second kappa shape index (κ2) is 6.83. The van der Waals surface area contributed by atoms with Crippen molar-refractivity contribution in [3.05, 3.63) is 11.6 Å². The average Bonchev–Trinajstić information content (AvgIpc) is 2.39. The van der Waals surface area contributed by atoms with Crippen molar-refractivity contribution in [1.82, 2.24) is 0 Å². The molecule has 0 aromatic carbocycles. The standard InChI is InChI=1S/C16H27Cl/c1-13-7-9-14(10-8-13)11-16(12-17)15-5-3-2-4-6-15/h11,13-15H,2-10,12H2,1H3. The largest absolute Gasteiger partial charge is 0.122 e. The fraction of sp³-hybridized carbons (Fsp3) is 0.875. The molecule has 0 aliphatic heterocycles. The Kier molecular flexibility index (Phi) is 5.41. The fourth-order valence-electron chi connectivity index (χ4n) is 3.52. The van der Waals surface area contributed by atoms with Crippen molar-refractivity contribution in [2.75, 3.05) is 5.88 Å². The summed E-state index contributed by atoms with van der Waals surface area (Å²) in [6.07, 6.45) is 15.2. The van der Waals surface area contributed by atoms with E-state index < -0.39 is 0 Å². The van der Waals surface area contributed by atoms with Gasteiger partial charge in [-0.05, 0) is 43.4 Å². The van der Waals surface area contributed by atoms with Gasteiger partial charge in [0.1, 0.15) is 0 Å². The van der Waals surface area contributed by atoms with E-state index in [9.17, 15) is 0 Å². The molecule has 0 aromatic rings. The second-order valence-electron chi connectivity index (χ2n) is 6.23. The fourth-order valence-corrected chi connectivity index (χ4v) is 3.83. The molecular weight excluding hydrogens is 228 g/mol. The van der Waals surface area contributed by atoms with Crippen LogP contribution in [0.1, 0.15) is 64.7 Å². The SMILES string of the molecule is CC1CCC(C=C(CCl)C2CCCCC2)CC1. The van der Waals surface area contributed by atoms with Crippen LogP contribution in [0.25, 0.3) is 0 Å². The van der Waals surface area contributed by atoms with Gasteiger partial charge in [0, 0.05) is 5.88 Å². The van der Waals surface area contributed by atoms with Gasteiger partial charge in [0.15, 0.2) is 0 Å². The van der Waals surface area contributed by atoms with Gasteiger partial charge >= 0.3 is 0 Å². The van der Waals surface area contributed by atoms with Crippen LogP contribution in [0.2, 0.25) is 0 Å². The van der Waals surface area contributed by atoms with Crippen molar-refractivity contribution in [2.45, 2.75) is 64.7 Å². The Bertz CT molecular complexity index is 242. The molecule has 17 heavy (non-hydrogen) atoms. The molecule has 0 nitrogen and oxygen atoms in total. The Labute approximate surface area is 112 Å². The van der Waals surface area contributed by atoms with Crippen LogP contribution in [0.15, 0.2) is 11.6 Å². The summed E-state index contributed by atoms with van der Waals surface area (Å²) in [6, 6.07) is 0. The van der Waals surface area contributed by atoms with Crippen LogP contribution in [-0.4, -0.2) is 5.88 Å². The first-order valence-corrected chi connectivity index (χ1v) is 8.09. The highest BCUT2D eigenvalue weighted by Crippen LogP contribution is 2.34. The summed E-state index contributed by atoms with van der Waals surface area (Å²) >= 11 is 6.18.